The number of unbranched alkanes of at least 4 members (excludes halogenated alkanes) is 6. The molecule has 0 saturated heterocycles. The van der Waals surface area contributed by atoms with E-state index in [0.29, 0.717) is 39.6 Å². The number of carbonyl (C=O) groups excluding carboxylic acids is 2. The second-order valence-electron chi connectivity index (χ2n) is 11.2. The molecule has 0 bridgehead atoms. The highest BCUT2D eigenvalue weighted by Crippen LogP contribution is 2.21. The van der Waals surface area contributed by atoms with Crippen LogP contribution in [0.3, 0.4) is 0 Å². The van der Waals surface area contributed by atoms with Crippen molar-refractivity contribution in [1.29, 1.82) is 0 Å². The van der Waals surface area contributed by atoms with Crippen molar-refractivity contribution in [3.63, 3.8) is 0 Å². The quantitative estimate of drug-likeness (QED) is 0.0580. The van der Waals surface area contributed by atoms with Gasteiger partial charge in [0.05, 0.1) is 26.1 Å². The van der Waals surface area contributed by atoms with Crippen LogP contribution in [-0.2, 0) is 36.8 Å². The highest BCUT2D eigenvalue weighted by Gasteiger charge is 2.39. The summed E-state index contributed by atoms with van der Waals surface area (Å²) in [6, 6.07) is 22.4. The van der Waals surface area contributed by atoms with Gasteiger partial charge in [-0.25, -0.2) is 0 Å². The Morgan fingerprint density at radius 3 is 1.13 bits per heavy atom. The standard InChI is InChI=1S/C36H58O8Si2/c1-5-41-45(42-6-2,33-23-15-13-16-24-33)31-21-11-9-19-29-39-35(37)27-28-36(38)40-30-20-10-12-22-32-46(43-7-3,44-8-4)34-25-17-14-18-26-34/h13-18,23-26H,5-12,19-22,27-32H2,1-4H3. The SMILES string of the molecule is CCO[Si](CCCCCCOC(=O)CCC(=O)OCCCCCC[Si](OCC)(OCC)c1ccccc1)(OCC)c1ccccc1. The summed E-state index contributed by atoms with van der Waals surface area (Å²) < 4.78 is 35.7. The van der Waals surface area contributed by atoms with Gasteiger partial charge in [0.1, 0.15) is 0 Å². The number of hydrogen-bond donors (Lipinski definition) is 0. The van der Waals surface area contributed by atoms with Gasteiger partial charge in [-0.1, -0.05) is 99.2 Å². The molecular weight excluding hydrogens is 617 g/mol. The van der Waals surface area contributed by atoms with Crippen LogP contribution in [0.25, 0.3) is 0 Å². The third kappa shape index (κ3) is 14.6. The molecule has 0 unspecified atom stereocenters. The van der Waals surface area contributed by atoms with E-state index in [0.717, 1.165) is 63.5 Å². The first-order valence-electron chi connectivity index (χ1n) is 17.4. The van der Waals surface area contributed by atoms with E-state index in [9.17, 15) is 9.59 Å². The summed E-state index contributed by atoms with van der Waals surface area (Å²) in [5.74, 6) is -0.704. The van der Waals surface area contributed by atoms with Crippen LogP contribution in [0.1, 0.15) is 91.9 Å². The summed E-state index contributed by atoms with van der Waals surface area (Å²) in [6.07, 6.45) is 7.63. The molecule has 0 spiro atoms. The first kappa shape index (κ1) is 39.8. The molecule has 2 aromatic rings. The van der Waals surface area contributed by atoms with Gasteiger partial charge in [0.15, 0.2) is 0 Å². The highest BCUT2D eigenvalue weighted by molar-refractivity contribution is 6.81. The normalized spacial score (nSPS) is 11.8. The van der Waals surface area contributed by atoms with Crippen LogP contribution in [-0.4, -0.2) is 68.7 Å². The number of rotatable bonds is 27. The van der Waals surface area contributed by atoms with Crippen molar-refractivity contribution in [1.82, 2.24) is 0 Å². The van der Waals surface area contributed by atoms with Crippen molar-refractivity contribution in [2.75, 3.05) is 39.6 Å². The van der Waals surface area contributed by atoms with Gasteiger partial charge < -0.3 is 27.2 Å². The average Bonchev–Trinajstić information content (AvgIpc) is 3.07. The van der Waals surface area contributed by atoms with E-state index < -0.39 is 17.1 Å². The van der Waals surface area contributed by atoms with Gasteiger partial charge in [-0.05, 0) is 63.0 Å². The van der Waals surface area contributed by atoms with E-state index in [2.05, 4.69) is 24.3 Å². The Hall–Kier alpha value is -2.35. The summed E-state index contributed by atoms with van der Waals surface area (Å²) in [4.78, 5) is 24.2. The topological polar surface area (TPSA) is 89.5 Å². The van der Waals surface area contributed by atoms with Gasteiger partial charge in [-0.2, -0.15) is 0 Å². The molecule has 0 aliphatic carbocycles. The number of esters is 2. The molecule has 0 radical (unpaired) electrons. The Balaban J connectivity index is 1.54. The fourth-order valence-corrected chi connectivity index (χ4v) is 12.3. The van der Waals surface area contributed by atoms with E-state index in [1.807, 2.05) is 64.1 Å². The maximum Gasteiger partial charge on any atom is 0.372 e. The van der Waals surface area contributed by atoms with E-state index >= 15 is 0 Å². The minimum atomic E-state index is -2.46. The molecule has 258 valence electrons. The molecule has 2 rings (SSSR count). The lowest BCUT2D eigenvalue weighted by atomic mass is 10.2. The summed E-state index contributed by atoms with van der Waals surface area (Å²) in [5, 5.41) is 2.35. The van der Waals surface area contributed by atoms with Gasteiger partial charge in [0, 0.05) is 26.4 Å². The second kappa shape index (κ2) is 23.9. The summed E-state index contributed by atoms with van der Waals surface area (Å²) in [5.41, 5.74) is 0. The Bertz CT molecular complexity index is 973. The van der Waals surface area contributed by atoms with Gasteiger partial charge in [0.25, 0.3) is 0 Å². The lowest BCUT2D eigenvalue weighted by molar-refractivity contribution is -0.150. The van der Waals surface area contributed by atoms with Crippen LogP contribution in [0.2, 0.25) is 12.1 Å². The fourth-order valence-electron chi connectivity index (χ4n) is 5.66. The van der Waals surface area contributed by atoms with E-state index in [4.69, 9.17) is 27.2 Å². The van der Waals surface area contributed by atoms with Gasteiger partial charge in [0.2, 0.25) is 0 Å². The van der Waals surface area contributed by atoms with Crippen molar-refractivity contribution in [2.24, 2.45) is 0 Å². The largest absolute Gasteiger partial charge is 0.466 e. The molecule has 0 aliphatic heterocycles. The van der Waals surface area contributed by atoms with Crippen LogP contribution < -0.4 is 10.4 Å². The van der Waals surface area contributed by atoms with Crippen molar-refractivity contribution >= 4 is 39.4 Å². The predicted molar refractivity (Wildman–Crippen MR) is 188 cm³/mol. The summed E-state index contributed by atoms with van der Waals surface area (Å²) in [7, 11) is -4.92. The molecule has 0 N–H and O–H groups in total. The Morgan fingerprint density at radius 2 is 0.804 bits per heavy atom. The first-order valence-corrected chi connectivity index (χ1v) is 21.5. The predicted octanol–water partition coefficient (Wildman–Crippen LogP) is 6.82. The maximum atomic E-state index is 12.1. The molecule has 2 aromatic carbocycles. The molecular formula is C36H58O8Si2. The van der Waals surface area contributed by atoms with Crippen molar-refractivity contribution in [3.8, 4) is 0 Å². The van der Waals surface area contributed by atoms with Gasteiger partial charge in [-0.15, -0.1) is 0 Å². The van der Waals surface area contributed by atoms with Gasteiger partial charge in [-0.3, -0.25) is 9.59 Å². The zero-order valence-corrected chi connectivity index (χ0v) is 30.8. The minimum Gasteiger partial charge on any atom is -0.466 e. The zero-order chi connectivity index (χ0) is 33.4. The highest BCUT2D eigenvalue weighted by atomic mass is 28.4. The summed E-state index contributed by atoms with van der Waals surface area (Å²) >= 11 is 0. The molecule has 46 heavy (non-hydrogen) atoms. The molecule has 0 aliphatic rings. The second-order valence-corrected chi connectivity index (χ2v) is 17.6. The fraction of sp³-hybridized carbons (Fsp3) is 0.611. The molecule has 10 heteroatoms. The molecule has 8 nitrogen and oxygen atoms in total. The van der Waals surface area contributed by atoms with Crippen molar-refractivity contribution < 1.29 is 36.8 Å². The van der Waals surface area contributed by atoms with E-state index in [1.165, 1.54) is 10.4 Å². The lowest BCUT2D eigenvalue weighted by Crippen LogP contribution is -2.53. The zero-order valence-electron chi connectivity index (χ0n) is 28.8. The maximum absolute atomic E-state index is 12.1. The summed E-state index contributed by atoms with van der Waals surface area (Å²) in [6.45, 7) is 11.3. The van der Waals surface area contributed by atoms with Crippen molar-refractivity contribution in [3.05, 3.63) is 60.7 Å². The lowest BCUT2D eigenvalue weighted by Gasteiger charge is -2.30. The molecule has 0 fully saturated rings. The Labute approximate surface area is 280 Å². The van der Waals surface area contributed by atoms with E-state index in [1.54, 1.807) is 0 Å². The molecule has 0 atom stereocenters. The number of ether oxygens (including phenoxy) is 2. The Kier molecular flexibility index (Phi) is 20.7. The minimum absolute atomic E-state index is 0.0494. The van der Waals surface area contributed by atoms with Crippen LogP contribution in [0.5, 0.6) is 0 Å². The third-order valence-electron chi connectivity index (χ3n) is 7.80. The van der Waals surface area contributed by atoms with E-state index in [-0.39, 0.29) is 24.8 Å². The van der Waals surface area contributed by atoms with Gasteiger partial charge >= 0.3 is 29.1 Å². The number of carbonyl (C=O) groups is 2. The number of hydrogen-bond acceptors (Lipinski definition) is 8. The van der Waals surface area contributed by atoms with Crippen LogP contribution in [0.4, 0.5) is 0 Å². The molecule has 0 amide bonds. The smallest absolute Gasteiger partial charge is 0.372 e. The van der Waals surface area contributed by atoms with Crippen LogP contribution in [0, 0.1) is 0 Å². The number of benzene rings is 2. The monoisotopic (exact) mass is 674 g/mol. The third-order valence-corrected chi connectivity index (χ3v) is 15.3. The van der Waals surface area contributed by atoms with Crippen molar-refractivity contribution in [2.45, 2.75) is 104 Å². The average molecular weight is 675 g/mol. The van der Waals surface area contributed by atoms with Crippen LogP contribution in [0.15, 0.2) is 60.7 Å². The first-order chi connectivity index (χ1) is 22.4. The Morgan fingerprint density at radius 1 is 0.478 bits per heavy atom. The molecule has 0 saturated carbocycles. The molecule has 0 aromatic heterocycles. The molecule has 0 heterocycles. The van der Waals surface area contributed by atoms with Crippen LogP contribution >= 0.6 is 0 Å².